The van der Waals surface area contributed by atoms with Gasteiger partial charge in [0.05, 0.1) is 12.5 Å². The van der Waals surface area contributed by atoms with Crippen molar-refractivity contribution in [3.05, 3.63) is 48.0 Å². The molecule has 0 saturated heterocycles. The van der Waals surface area contributed by atoms with Crippen LogP contribution in [-0.4, -0.2) is 20.4 Å². The van der Waals surface area contributed by atoms with Crippen molar-refractivity contribution in [2.45, 2.75) is 6.42 Å². The lowest BCUT2D eigenvalue weighted by Gasteiger charge is -2.02. The number of aryl methyl sites for hydroxylation is 1. The smallest absolute Gasteiger partial charge is 0.185 e. The van der Waals surface area contributed by atoms with E-state index in [-0.39, 0.29) is 11.5 Å². The largest absolute Gasteiger partial charge is 0.508 e. The van der Waals surface area contributed by atoms with Crippen molar-refractivity contribution < 1.29 is 9.90 Å². The standard InChI is InChI=1S/C12H12N2O2/c1-14-8-13-7-11(14)12(16)6-9-2-4-10(15)5-3-9/h2-5,7-8,15H,6H2,1H3. The van der Waals surface area contributed by atoms with Crippen LogP contribution in [0.25, 0.3) is 0 Å². The summed E-state index contributed by atoms with van der Waals surface area (Å²) < 4.78 is 1.70. The Hall–Kier alpha value is -2.10. The number of rotatable bonds is 3. The number of phenols is 1. The van der Waals surface area contributed by atoms with Crippen molar-refractivity contribution >= 4 is 5.78 Å². The summed E-state index contributed by atoms with van der Waals surface area (Å²) in [4.78, 5) is 15.8. The third-order valence-corrected chi connectivity index (χ3v) is 2.40. The van der Waals surface area contributed by atoms with Gasteiger partial charge in [-0.2, -0.15) is 0 Å². The Morgan fingerprint density at radius 3 is 2.62 bits per heavy atom. The highest BCUT2D eigenvalue weighted by Gasteiger charge is 2.10. The molecule has 0 bridgehead atoms. The lowest BCUT2D eigenvalue weighted by molar-refractivity contribution is 0.0985. The van der Waals surface area contributed by atoms with Gasteiger partial charge in [-0.1, -0.05) is 12.1 Å². The minimum Gasteiger partial charge on any atom is -0.508 e. The second-order valence-electron chi connectivity index (χ2n) is 3.66. The van der Waals surface area contributed by atoms with Crippen LogP contribution >= 0.6 is 0 Å². The number of imidazole rings is 1. The lowest BCUT2D eigenvalue weighted by Crippen LogP contribution is -2.08. The summed E-state index contributed by atoms with van der Waals surface area (Å²) in [6, 6.07) is 6.63. The quantitative estimate of drug-likeness (QED) is 0.792. The van der Waals surface area contributed by atoms with Crippen LogP contribution in [0.2, 0.25) is 0 Å². The molecule has 0 unspecified atom stereocenters. The molecule has 1 N–H and O–H groups in total. The van der Waals surface area contributed by atoms with Crippen molar-refractivity contribution in [2.75, 3.05) is 0 Å². The summed E-state index contributed by atoms with van der Waals surface area (Å²) in [5, 5.41) is 9.12. The SMILES string of the molecule is Cn1cncc1C(=O)Cc1ccc(O)cc1. The molecule has 2 aromatic rings. The average Bonchev–Trinajstić information content (AvgIpc) is 2.68. The van der Waals surface area contributed by atoms with E-state index in [0.717, 1.165) is 5.56 Å². The number of aromatic hydroxyl groups is 1. The maximum Gasteiger partial charge on any atom is 0.185 e. The minimum absolute atomic E-state index is 0.0192. The van der Waals surface area contributed by atoms with E-state index in [9.17, 15) is 4.79 Å². The molecule has 82 valence electrons. The van der Waals surface area contributed by atoms with Gasteiger partial charge in [0.1, 0.15) is 11.4 Å². The van der Waals surface area contributed by atoms with Gasteiger partial charge in [0.2, 0.25) is 0 Å². The summed E-state index contributed by atoms with van der Waals surface area (Å²) in [6.45, 7) is 0. The molecule has 4 nitrogen and oxygen atoms in total. The number of carbonyl (C=O) groups is 1. The Labute approximate surface area is 93.2 Å². The Balaban J connectivity index is 2.14. The van der Waals surface area contributed by atoms with E-state index in [2.05, 4.69) is 4.98 Å². The first-order valence-electron chi connectivity index (χ1n) is 4.94. The number of carbonyl (C=O) groups excluding carboxylic acids is 1. The van der Waals surface area contributed by atoms with Crippen LogP contribution in [0.4, 0.5) is 0 Å². The van der Waals surface area contributed by atoms with Gasteiger partial charge in [0.25, 0.3) is 0 Å². The van der Waals surface area contributed by atoms with E-state index in [4.69, 9.17) is 5.11 Å². The number of nitrogens with zero attached hydrogens (tertiary/aromatic N) is 2. The lowest BCUT2D eigenvalue weighted by atomic mass is 10.1. The van der Waals surface area contributed by atoms with Gasteiger partial charge in [0, 0.05) is 13.5 Å². The highest BCUT2D eigenvalue weighted by atomic mass is 16.3. The molecular weight excluding hydrogens is 204 g/mol. The van der Waals surface area contributed by atoms with Crippen molar-refractivity contribution in [1.29, 1.82) is 0 Å². The zero-order valence-corrected chi connectivity index (χ0v) is 8.92. The van der Waals surface area contributed by atoms with Crippen LogP contribution in [0.3, 0.4) is 0 Å². The predicted octanol–water partition coefficient (Wildman–Crippen LogP) is 1.55. The van der Waals surface area contributed by atoms with Gasteiger partial charge in [0.15, 0.2) is 5.78 Å². The van der Waals surface area contributed by atoms with Gasteiger partial charge < -0.3 is 9.67 Å². The molecule has 4 heteroatoms. The van der Waals surface area contributed by atoms with E-state index < -0.39 is 0 Å². The first kappa shape index (κ1) is 10.4. The molecule has 0 saturated carbocycles. The third-order valence-electron chi connectivity index (χ3n) is 2.40. The summed E-state index contributed by atoms with van der Waals surface area (Å²) in [5.74, 6) is 0.224. The molecule has 0 fully saturated rings. The van der Waals surface area contributed by atoms with Crippen LogP contribution < -0.4 is 0 Å². The fourth-order valence-corrected chi connectivity index (χ4v) is 1.52. The molecule has 0 aliphatic carbocycles. The highest BCUT2D eigenvalue weighted by Crippen LogP contribution is 2.12. The number of hydrogen-bond donors (Lipinski definition) is 1. The van der Waals surface area contributed by atoms with E-state index in [1.165, 1.54) is 0 Å². The van der Waals surface area contributed by atoms with Crippen LogP contribution in [-0.2, 0) is 13.5 Å². The first-order chi connectivity index (χ1) is 7.66. The summed E-state index contributed by atoms with van der Waals surface area (Å²) >= 11 is 0. The molecular formula is C12H12N2O2. The van der Waals surface area contributed by atoms with Gasteiger partial charge in [-0.25, -0.2) is 4.98 Å². The molecule has 0 spiro atoms. The molecule has 1 aromatic carbocycles. The van der Waals surface area contributed by atoms with Crippen molar-refractivity contribution in [3.8, 4) is 5.75 Å². The molecule has 0 aliphatic heterocycles. The Bertz CT molecular complexity index is 500. The van der Waals surface area contributed by atoms with Gasteiger partial charge in [-0.05, 0) is 17.7 Å². The fourth-order valence-electron chi connectivity index (χ4n) is 1.52. The molecule has 0 radical (unpaired) electrons. The Morgan fingerprint density at radius 2 is 2.06 bits per heavy atom. The fraction of sp³-hybridized carbons (Fsp3) is 0.167. The predicted molar refractivity (Wildman–Crippen MR) is 59.3 cm³/mol. The van der Waals surface area contributed by atoms with E-state index in [1.807, 2.05) is 0 Å². The molecule has 16 heavy (non-hydrogen) atoms. The summed E-state index contributed by atoms with van der Waals surface area (Å²) in [7, 11) is 1.79. The number of benzene rings is 1. The second-order valence-corrected chi connectivity index (χ2v) is 3.66. The van der Waals surface area contributed by atoms with Crippen molar-refractivity contribution in [2.24, 2.45) is 7.05 Å². The minimum atomic E-state index is 0.0192. The maximum absolute atomic E-state index is 11.9. The van der Waals surface area contributed by atoms with Crippen LogP contribution in [0, 0.1) is 0 Å². The van der Waals surface area contributed by atoms with Crippen molar-refractivity contribution in [3.63, 3.8) is 0 Å². The van der Waals surface area contributed by atoms with E-state index in [0.29, 0.717) is 12.1 Å². The Kier molecular flexibility index (Phi) is 2.72. The topological polar surface area (TPSA) is 55.1 Å². The monoisotopic (exact) mass is 216 g/mol. The number of Topliss-reactive ketones (excluding diaryl/α,β-unsaturated/α-hetero) is 1. The number of hydrogen-bond acceptors (Lipinski definition) is 3. The molecule has 1 heterocycles. The van der Waals surface area contributed by atoms with Crippen LogP contribution in [0.1, 0.15) is 16.1 Å². The van der Waals surface area contributed by atoms with Crippen LogP contribution in [0.15, 0.2) is 36.8 Å². The number of ketones is 1. The zero-order valence-electron chi connectivity index (χ0n) is 8.92. The number of aromatic nitrogens is 2. The number of phenolic OH excluding ortho intramolecular Hbond substituents is 1. The van der Waals surface area contributed by atoms with Crippen LogP contribution in [0.5, 0.6) is 5.75 Å². The third kappa shape index (κ3) is 2.11. The molecule has 2 rings (SSSR count). The molecule has 0 aliphatic rings. The molecule has 0 amide bonds. The zero-order chi connectivity index (χ0) is 11.5. The van der Waals surface area contributed by atoms with E-state index in [1.54, 1.807) is 48.4 Å². The highest BCUT2D eigenvalue weighted by molar-refractivity contribution is 5.95. The summed E-state index contributed by atoms with van der Waals surface area (Å²) in [6.07, 6.45) is 3.48. The average molecular weight is 216 g/mol. The normalized spacial score (nSPS) is 10.3. The van der Waals surface area contributed by atoms with Gasteiger partial charge in [-0.3, -0.25) is 4.79 Å². The van der Waals surface area contributed by atoms with Gasteiger partial charge >= 0.3 is 0 Å². The van der Waals surface area contributed by atoms with Gasteiger partial charge in [-0.15, -0.1) is 0 Å². The van der Waals surface area contributed by atoms with E-state index >= 15 is 0 Å². The maximum atomic E-state index is 11.9. The van der Waals surface area contributed by atoms with Crippen molar-refractivity contribution in [1.82, 2.24) is 9.55 Å². The molecule has 1 aromatic heterocycles. The summed E-state index contributed by atoms with van der Waals surface area (Å²) in [5.41, 5.74) is 1.47. The second kappa shape index (κ2) is 4.18. The first-order valence-corrected chi connectivity index (χ1v) is 4.94. The Morgan fingerprint density at radius 1 is 1.38 bits per heavy atom. The molecule has 0 atom stereocenters.